The van der Waals surface area contributed by atoms with Gasteiger partial charge < -0.3 is 14.6 Å². The van der Waals surface area contributed by atoms with Crippen LogP contribution in [-0.4, -0.2) is 31.0 Å². The van der Waals surface area contributed by atoms with Crippen LogP contribution in [0.4, 0.5) is 10.1 Å². The zero-order chi connectivity index (χ0) is 22.8. The number of carbonyl (C=O) groups is 2. The van der Waals surface area contributed by atoms with Gasteiger partial charge in [-0.15, -0.1) is 0 Å². The number of halogens is 1. The first-order chi connectivity index (χ1) is 15.5. The number of carbonyl (C=O) groups excluding carboxylic acids is 2. The Morgan fingerprint density at radius 2 is 1.62 bits per heavy atom. The third-order valence-corrected chi connectivity index (χ3v) is 5.33. The van der Waals surface area contributed by atoms with Crippen molar-refractivity contribution in [1.82, 2.24) is 0 Å². The van der Waals surface area contributed by atoms with Crippen molar-refractivity contribution in [2.75, 3.05) is 19.1 Å². The minimum Gasteiger partial charge on any atom is -0.507 e. The highest BCUT2D eigenvalue weighted by Gasteiger charge is 2.47. The van der Waals surface area contributed by atoms with Crippen molar-refractivity contribution >= 4 is 23.1 Å². The first-order valence-corrected chi connectivity index (χ1v) is 9.80. The number of ether oxygens (including phenoxy) is 2. The van der Waals surface area contributed by atoms with Crippen molar-refractivity contribution in [3.8, 4) is 11.5 Å². The molecule has 0 aromatic heterocycles. The topological polar surface area (TPSA) is 76.1 Å². The Bertz CT molecular complexity index is 1200. The maximum absolute atomic E-state index is 14.0. The monoisotopic (exact) mass is 433 g/mol. The van der Waals surface area contributed by atoms with E-state index < -0.39 is 29.3 Å². The van der Waals surface area contributed by atoms with Crippen LogP contribution in [0.3, 0.4) is 0 Å². The number of methoxy groups -OCH3 is 2. The van der Waals surface area contributed by atoms with E-state index in [1.54, 1.807) is 54.6 Å². The number of rotatable bonds is 5. The number of aliphatic hydroxyl groups is 1. The molecule has 1 aliphatic heterocycles. The van der Waals surface area contributed by atoms with Crippen LogP contribution in [0.5, 0.6) is 11.5 Å². The molecule has 1 unspecified atom stereocenters. The number of Topliss-reactive ketones (excluding diaryl/α,β-unsaturated/α-hetero) is 1. The summed E-state index contributed by atoms with van der Waals surface area (Å²) < 4.78 is 24.4. The fourth-order valence-corrected chi connectivity index (χ4v) is 3.80. The highest BCUT2D eigenvalue weighted by Crippen LogP contribution is 2.43. The minimum absolute atomic E-state index is 0.0166. The van der Waals surface area contributed by atoms with Crippen molar-refractivity contribution in [2.24, 2.45) is 0 Å². The van der Waals surface area contributed by atoms with Crippen LogP contribution in [-0.2, 0) is 9.59 Å². The summed E-state index contributed by atoms with van der Waals surface area (Å²) in [5.41, 5.74) is 0.886. The van der Waals surface area contributed by atoms with Crippen LogP contribution in [0.25, 0.3) is 5.76 Å². The second-order valence-corrected chi connectivity index (χ2v) is 7.12. The number of amides is 1. The van der Waals surface area contributed by atoms with E-state index in [0.717, 1.165) is 6.07 Å². The molecule has 7 heteroatoms. The first-order valence-electron chi connectivity index (χ1n) is 9.80. The molecule has 1 saturated heterocycles. The van der Waals surface area contributed by atoms with Gasteiger partial charge in [0.05, 0.1) is 31.4 Å². The van der Waals surface area contributed by atoms with Gasteiger partial charge in [-0.25, -0.2) is 4.39 Å². The third kappa shape index (κ3) is 3.58. The number of para-hydroxylation sites is 1. The summed E-state index contributed by atoms with van der Waals surface area (Å²) >= 11 is 0. The lowest BCUT2D eigenvalue weighted by Crippen LogP contribution is -2.29. The second-order valence-electron chi connectivity index (χ2n) is 7.12. The molecule has 1 atom stereocenters. The van der Waals surface area contributed by atoms with Crippen molar-refractivity contribution < 1.29 is 28.6 Å². The zero-order valence-corrected chi connectivity index (χ0v) is 17.4. The van der Waals surface area contributed by atoms with Gasteiger partial charge in [0.25, 0.3) is 11.7 Å². The van der Waals surface area contributed by atoms with Gasteiger partial charge in [0.2, 0.25) is 0 Å². The summed E-state index contributed by atoms with van der Waals surface area (Å²) in [4.78, 5) is 27.5. The van der Waals surface area contributed by atoms with Gasteiger partial charge in [0.1, 0.15) is 23.1 Å². The Morgan fingerprint density at radius 1 is 0.938 bits per heavy atom. The number of nitrogens with zero attached hydrogens (tertiary/aromatic N) is 1. The molecule has 1 N–H and O–H groups in total. The standard InChI is InChI=1S/C25H20FNO5/c1-31-18-11-8-15(9-12-18)22-21(23(28)19-14-16(26)10-13-20(19)32-2)24(29)25(30)27(22)17-6-4-3-5-7-17/h3-14,22,28H,1-2H3/b23-21+. The zero-order valence-electron chi connectivity index (χ0n) is 17.4. The average Bonchev–Trinajstić information content (AvgIpc) is 3.09. The van der Waals surface area contributed by atoms with E-state index in [-0.39, 0.29) is 16.9 Å². The number of aliphatic hydroxyl groups excluding tert-OH is 1. The molecule has 32 heavy (non-hydrogen) atoms. The van der Waals surface area contributed by atoms with Gasteiger partial charge >= 0.3 is 0 Å². The molecule has 1 heterocycles. The molecule has 1 fully saturated rings. The lowest BCUT2D eigenvalue weighted by molar-refractivity contribution is -0.132. The van der Waals surface area contributed by atoms with Crippen molar-refractivity contribution in [2.45, 2.75) is 6.04 Å². The molecular weight excluding hydrogens is 413 g/mol. The smallest absolute Gasteiger partial charge is 0.300 e. The predicted molar refractivity (Wildman–Crippen MR) is 117 cm³/mol. The van der Waals surface area contributed by atoms with E-state index >= 15 is 0 Å². The molecule has 4 rings (SSSR count). The van der Waals surface area contributed by atoms with Crippen molar-refractivity contribution in [3.63, 3.8) is 0 Å². The molecule has 0 aliphatic carbocycles. The summed E-state index contributed by atoms with van der Waals surface area (Å²) in [5, 5.41) is 11.2. The highest BCUT2D eigenvalue weighted by atomic mass is 19.1. The quantitative estimate of drug-likeness (QED) is 0.365. The SMILES string of the molecule is COc1ccc(C2/C(=C(\O)c3cc(F)ccc3OC)C(=O)C(=O)N2c2ccccc2)cc1. The number of anilines is 1. The van der Waals surface area contributed by atoms with Gasteiger partial charge in [0, 0.05) is 5.69 Å². The molecule has 162 valence electrons. The van der Waals surface area contributed by atoms with E-state index in [1.807, 2.05) is 0 Å². The van der Waals surface area contributed by atoms with Crippen molar-refractivity contribution in [3.05, 3.63) is 95.3 Å². The van der Waals surface area contributed by atoms with Gasteiger partial charge in [0.15, 0.2) is 0 Å². The molecule has 1 aliphatic rings. The van der Waals surface area contributed by atoms with Crippen LogP contribution in [0.15, 0.2) is 78.4 Å². The van der Waals surface area contributed by atoms with Gasteiger partial charge in [-0.2, -0.15) is 0 Å². The molecule has 0 bridgehead atoms. The highest BCUT2D eigenvalue weighted by molar-refractivity contribution is 6.51. The van der Waals surface area contributed by atoms with Crippen LogP contribution >= 0.6 is 0 Å². The normalized spacial score (nSPS) is 17.5. The van der Waals surface area contributed by atoms with Crippen molar-refractivity contribution in [1.29, 1.82) is 0 Å². The Morgan fingerprint density at radius 3 is 2.25 bits per heavy atom. The number of ketones is 1. The Balaban J connectivity index is 1.97. The van der Waals surface area contributed by atoms with Gasteiger partial charge in [-0.05, 0) is 48.0 Å². The molecule has 6 nitrogen and oxygen atoms in total. The number of benzene rings is 3. The molecule has 3 aromatic carbocycles. The third-order valence-electron chi connectivity index (χ3n) is 5.33. The van der Waals surface area contributed by atoms with E-state index in [9.17, 15) is 19.1 Å². The number of hydrogen-bond acceptors (Lipinski definition) is 5. The van der Waals surface area contributed by atoms with Crippen LogP contribution in [0.1, 0.15) is 17.2 Å². The lowest BCUT2D eigenvalue weighted by atomic mass is 9.94. The molecule has 3 aromatic rings. The molecule has 0 spiro atoms. The van der Waals surface area contributed by atoms with Crippen LogP contribution in [0, 0.1) is 5.82 Å². The lowest BCUT2D eigenvalue weighted by Gasteiger charge is -2.25. The second kappa shape index (κ2) is 8.55. The maximum Gasteiger partial charge on any atom is 0.300 e. The van der Waals surface area contributed by atoms with E-state index in [4.69, 9.17) is 9.47 Å². The predicted octanol–water partition coefficient (Wildman–Crippen LogP) is 4.47. The average molecular weight is 433 g/mol. The minimum atomic E-state index is -0.934. The summed E-state index contributed by atoms with van der Waals surface area (Å²) in [6, 6.07) is 18.2. The fraction of sp³-hybridized carbons (Fsp3) is 0.120. The Hall–Kier alpha value is -4.13. The Labute approximate surface area is 184 Å². The summed E-state index contributed by atoms with van der Waals surface area (Å²) in [6.07, 6.45) is 0. The fourth-order valence-electron chi connectivity index (χ4n) is 3.80. The maximum atomic E-state index is 14.0. The summed E-state index contributed by atoms with van der Waals surface area (Å²) in [6.45, 7) is 0. The first kappa shape index (κ1) is 21.1. The van der Waals surface area contributed by atoms with E-state index in [1.165, 1.54) is 31.3 Å². The molecular formula is C25H20FNO5. The van der Waals surface area contributed by atoms with Crippen LogP contribution in [0.2, 0.25) is 0 Å². The summed E-state index contributed by atoms with van der Waals surface area (Å²) in [7, 11) is 2.90. The molecule has 1 amide bonds. The Kier molecular flexibility index (Phi) is 5.64. The van der Waals surface area contributed by atoms with E-state index in [0.29, 0.717) is 17.0 Å². The molecule has 0 radical (unpaired) electrons. The van der Waals surface area contributed by atoms with Crippen LogP contribution < -0.4 is 14.4 Å². The summed E-state index contributed by atoms with van der Waals surface area (Å²) in [5.74, 6) is -2.04. The van der Waals surface area contributed by atoms with Gasteiger partial charge in [-0.1, -0.05) is 30.3 Å². The van der Waals surface area contributed by atoms with E-state index in [2.05, 4.69) is 0 Å². The van der Waals surface area contributed by atoms with Gasteiger partial charge in [-0.3, -0.25) is 14.5 Å². The number of hydrogen-bond donors (Lipinski definition) is 1. The molecule has 0 saturated carbocycles. The largest absolute Gasteiger partial charge is 0.507 e.